The Hall–Kier alpha value is -3.85. The van der Waals surface area contributed by atoms with E-state index in [4.69, 9.17) is 23.2 Å². The van der Waals surface area contributed by atoms with Gasteiger partial charge in [-0.3, -0.25) is 13.9 Å². The summed E-state index contributed by atoms with van der Waals surface area (Å²) < 4.78 is 29.6. The maximum atomic E-state index is 14.6. The van der Waals surface area contributed by atoms with Crippen LogP contribution in [0.1, 0.15) is 42.5 Å². The molecule has 46 heavy (non-hydrogen) atoms. The van der Waals surface area contributed by atoms with E-state index in [1.165, 1.54) is 17.0 Å². The zero-order chi connectivity index (χ0) is 33.4. The Labute approximate surface area is 282 Å². The number of anilines is 1. The van der Waals surface area contributed by atoms with Crippen molar-refractivity contribution in [1.29, 1.82) is 0 Å². The SMILES string of the molecule is CC[C@H](C)NC(=O)[C@H](Cc1ccccc1)N(Cc1ccc(Cl)c(Cl)c1)C(=O)CN(c1ccccc1C)S(=O)(=O)c1ccc(C)cc1. The van der Waals surface area contributed by atoms with Gasteiger partial charge in [-0.15, -0.1) is 0 Å². The van der Waals surface area contributed by atoms with E-state index < -0.39 is 28.5 Å². The van der Waals surface area contributed by atoms with E-state index in [-0.39, 0.29) is 29.8 Å². The molecule has 0 spiro atoms. The number of hydrogen-bond acceptors (Lipinski definition) is 4. The van der Waals surface area contributed by atoms with Gasteiger partial charge >= 0.3 is 0 Å². The quantitative estimate of drug-likeness (QED) is 0.160. The van der Waals surface area contributed by atoms with Crippen LogP contribution in [-0.4, -0.2) is 43.8 Å². The molecule has 0 saturated heterocycles. The van der Waals surface area contributed by atoms with Crippen LogP contribution < -0.4 is 9.62 Å². The minimum absolute atomic E-state index is 0.00661. The van der Waals surface area contributed by atoms with Crippen molar-refractivity contribution >= 4 is 50.7 Å². The van der Waals surface area contributed by atoms with Crippen LogP contribution in [0.3, 0.4) is 0 Å². The normalized spacial score (nSPS) is 12.7. The third-order valence-corrected chi connectivity index (χ3v) is 10.4. The number of sulfonamides is 1. The number of carbonyl (C=O) groups excluding carboxylic acids is 2. The predicted octanol–water partition coefficient (Wildman–Crippen LogP) is 7.36. The molecular weight excluding hydrogens is 641 g/mol. The van der Waals surface area contributed by atoms with Gasteiger partial charge in [0.05, 0.1) is 20.6 Å². The van der Waals surface area contributed by atoms with Gasteiger partial charge in [0, 0.05) is 19.0 Å². The fourth-order valence-electron chi connectivity index (χ4n) is 5.02. The fraction of sp³-hybridized carbons (Fsp3) is 0.278. The van der Waals surface area contributed by atoms with Gasteiger partial charge in [0.25, 0.3) is 10.0 Å². The largest absolute Gasteiger partial charge is 0.352 e. The molecule has 0 radical (unpaired) electrons. The second-order valence-corrected chi connectivity index (χ2v) is 14.1. The van der Waals surface area contributed by atoms with Gasteiger partial charge in [0.2, 0.25) is 11.8 Å². The minimum atomic E-state index is -4.19. The first-order valence-corrected chi connectivity index (χ1v) is 17.3. The summed E-state index contributed by atoms with van der Waals surface area (Å²) in [6, 6.07) is 26.9. The maximum Gasteiger partial charge on any atom is 0.264 e. The van der Waals surface area contributed by atoms with E-state index in [0.717, 1.165) is 15.4 Å². The molecule has 10 heteroatoms. The number of halogens is 2. The van der Waals surface area contributed by atoms with E-state index in [9.17, 15) is 18.0 Å². The van der Waals surface area contributed by atoms with Crippen molar-refractivity contribution in [2.45, 2.75) is 64.1 Å². The number of nitrogens with one attached hydrogen (secondary N) is 1. The van der Waals surface area contributed by atoms with Crippen molar-refractivity contribution in [2.75, 3.05) is 10.8 Å². The highest BCUT2D eigenvalue weighted by Gasteiger charge is 2.35. The van der Waals surface area contributed by atoms with E-state index in [2.05, 4.69) is 5.32 Å². The molecule has 0 aliphatic carbocycles. The first-order valence-electron chi connectivity index (χ1n) is 15.1. The number of para-hydroxylation sites is 1. The second-order valence-electron chi connectivity index (χ2n) is 11.4. The highest BCUT2D eigenvalue weighted by atomic mass is 35.5. The van der Waals surface area contributed by atoms with Gasteiger partial charge in [0.1, 0.15) is 12.6 Å². The van der Waals surface area contributed by atoms with Crippen molar-refractivity contribution in [2.24, 2.45) is 0 Å². The predicted molar refractivity (Wildman–Crippen MR) is 186 cm³/mol. The fourth-order valence-corrected chi connectivity index (χ4v) is 6.82. The topological polar surface area (TPSA) is 86.8 Å². The summed E-state index contributed by atoms with van der Waals surface area (Å²) in [6.45, 7) is 6.99. The number of hydrogen-bond donors (Lipinski definition) is 1. The van der Waals surface area contributed by atoms with Crippen molar-refractivity contribution in [3.63, 3.8) is 0 Å². The number of nitrogens with zero attached hydrogens (tertiary/aromatic N) is 2. The summed E-state index contributed by atoms with van der Waals surface area (Å²) in [5.41, 5.74) is 3.44. The van der Waals surface area contributed by atoms with Gasteiger partial charge in [-0.05, 0) is 74.2 Å². The maximum absolute atomic E-state index is 14.6. The average Bonchev–Trinajstić information content (AvgIpc) is 3.04. The lowest BCUT2D eigenvalue weighted by molar-refractivity contribution is -0.140. The van der Waals surface area contributed by atoms with E-state index in [1.807, 2.05) is 57.2 Å². The molecule has 2 amide bonds. The van der Waals surface area contributed by atoms with E-state index in [1.54, 1.807) is 55.5 Å². The first-order chi connectivity index (χ1) is 21.9. The molecule has 1 N–H and O–H groups in total. The molecule has 0 unspecified atom stereocenters. The Bertz CT molecular complexity index is 1770. The van der Waals surface area contributed by atoms with Gasteiger partial charge in [-0.2, -0.15) is 0 Å². The zero-order valence-corrected chi connectivity index (χ0v) is 28.7. The Morgan fingerprint density at radius 2 is 1.48 bits per heavy atom. The van der Waals surface area contributed by atoms with Gasteiger partial charge in [-0.25, -0.2) is 8.42 Å². The minimum Gasteiger partial charge on any atom is -0.352 e. The molecule has 0 heterocycles. The summed E-state index contributed by atoms with van der Waals surface area (Å²) in [5, 5.41) is 3.69. The van der Waals surface area contributed by atoms with Crippen molar-refractivity contribution < 1.29 is 18.0 Å². The summed E-state index contributed by atoms with van der Waals surface area (Å²) in [6.07, 6.45) is 0.908. The van der Waals surface area contributed by atoms with Gasteiger partial charge in [0.15, 0.2) is 0 Å². The van der Waals surface area contributed by atoms with Crippen molar-refractivity contribution in [1.82, 2.24) is 10.2 Å². The highest BCUT2D eigenvalue weighted by Crippen LogP contribution is 2.29. The van der Waals surface area contributed by atoms with Crippen LogP contribution in [0.4, 0.5) is 5.69 Å². The summed E-state index contributed by atoms with van der Waals surface area (Å²) in [4.78, 5) is 30.0. The highest BCUT2D eigenvalue weighted by molar-refractivity contribution is 7.92. The number of rotatable bonds is 13. The van der Waals surface area contributed by atoms with E-state index >= 15 is 0 Å². The standard InChI is InChI=1S/C36H39Cl2N3O4S/c1-5-27(4)39-36(43)34(22-28-12-7-6-8-13-28)40(23-29-17-20-31(37)32(38)21-29)35(42)24-41(33-14-10-9-11-26(33)3)46(44,45)30-18-15-25(2)16-19-30/h6-21,27,34H,5,22-24H2,1-4H3,(H,39,43)/t27-,34-/m0/s1. The van der Waals surface area contributed by atoms with Crippen LogP contribution in [0.2, 0.25) is 10.0 Å². The molecule has 4 aromatic carbocycles. The molecule has 0 saturated carbocycles. The Balaban J connectivity index is 1.83. The number of carbonyl (C=O) groups is 2. The van der Waals surface area contributed by atoms with Crippen LogP contribution in [0, 0.1) is 13.8 Å². The Morgan fingerprint density at radius 3 is 2.11 bits per heavy atom. The molecule has 2 atom stereocenters. The number of aryl methyl sites for hydroxylation is 2. The van der Waals surface area contributed by atoms with Crippen LogP contribution in [0.5, 0.6) is 0 Å². The second kappa shape index (κ2) is 15.6. The Morgan fingerprint density at radius 1 is 0.826 bits per heavy atom. The lowest BCUT2D eigenvalue weighted by Crippen LogP contribution is -2.54. The smallest absolute Gasteiger partial charge is 0.264 e. The van der Waals surface area contributed by atoms with Crippen LogP contribution in [0.25, 0.3) is 0 Å². The lowest BCUT2D eigenvalue weighted by Gasteiger charge is -2.34. The number of benzene rings is 4. The molecule has 0 bridgehead atoms. The molecule has 0 aliphatic heterocycles. The number of amides is 2. The summed E-state index contributed by atoms with van der Waals surface area (Å²) in [5.74, 6) is -0.888. The average molecular weight is 681 g/mol. The molecule has 0 aliphatic rings. The van der Waals surface area contributed by atoms with Crippen LogP contribution >= 0.6 is 23.2 Å². The van der Waals surface area contributed by atoms with Gasteiger partial charge < -0.3 is 10.2 Å². The molecule has 0 aromatic heterocycles. The molecule has 0 fully saturated rings. The van der Waals surface area contributed by atoms with Crippen molar-refractivity contribution in [3.05, 3.63) is 129 Å². The molecule has 4 rings (SSSR count). The molecule has 7 nitrogen and oxygen atoms in total. The Kier molecular flexibility index (Phi) is 11.9. The van der Waals surface area contributed by atoms with Crippen LogP contribution in [-0.2, 0) is 32.6 Å². The zero-order valence-electron chi connectivity index (χ0n) is 26.4. The van der Waals surface area contributed by atoms with Crippen LogP contribution in [0.15, 0.2) is 102 Å². The molecular formula is C36H39Cl2N3O4S. The first kappa shape index (κ1) is 35.0. The monoisotopic (exact) mass is 679 g/mol. The lowest BCUT2D eigenvalue weighted by atomic mass is 10.0. The van der Waals surface area contributed by atoms with Gasteiger partial charge in [-0.1, -0.05) is 102 Å². The molecule has 242 valence electrons. The van der Waals surface area contributed by atoms with Crippen molar-refractivity contribution in [3.8, 4) is 0 Å². The third-order valence-electron chi connectivity index (χ3n) is 7.88. The summed E-state index contributed by atoms with van der Waals surface area (Å²) in [7, 11) is -4.19. The van der Waals surface area contributed by atoms with E-state index in [0.29, 0.717) is 33.3 Å². The summed E-state index contributed by atoms with van der Waals surface area (Å²) >= 11 is 12.5. The molecule has 4 aromatic rings. The third kappa shape index (κ3) is 8.69.